The van der Waals surface area contributed by atoms with Crippen LogP contribution in [0.2, 0.25) is 0 Å². The van der Waals surface area contributed by atoms with Crippen molar-refractivity contribution in [1.29, 1.82) is 0 Å². The van der Waals surface area contributed by atoms with Gasteiger partial charge in [0.05, 0.1) is 12.1 Å². The summed E-state index contributed by atoms with van der Waals surface area (Å²) in [6, 6.07) is 7.16. The Morgan fingerprint density at radius 1 is 1.38 bits per heavy atom. The Morgan fingerprint density at radius 3 is 2.88 bits per heavy atom. The molecule has 1 aromatic heterocycles. The Morgan fingerprint density at radius 2 is 2.12 bits per heavy atom. The third kappa shape index (κ3) is 1.46. The number of carbonyl (C=O) groups is 1. The van der Waals surface area contributed by atoms with Crippen LogP contribution in [-0.2, 0) is 11.3 Å². The lowest BCUT2D eigenvalue weighted by Gasteiger charge is -1.99. The van der Waals surface area contributed by atoms with E-state index in [9.17, 15) is 9.59 Å². The molecule has 1 fully saturated rings. The molecular formula is C12H11NO3. The molecule has 0 amide bonds. The van der Waals surface area contributed by atoms with Crippen LogP contribution in [0.1, 0.15) is 12.8 Å². The monoisotopic (exact) mass is 217 g/mol. The third-order valence-electron chi connectivity index (χ3n) is 2.92. The average molecular weight is 217 g/mol. The van der Waals surface area contributed by atoms with Crippen LogP contribution in [0.3, 0.4) is 0 Å². The van der Waals surface area contributed by atoms with E-state index in [1.165, 1.54) is 4.57 Å². The molecule has 0 aliphatic heterocycles. The number of Topliss-reactive ketones (excluding diaryl/α,β-unsaturated/α-hetero) is 1. The van der Waals surface area contributed by atoms with E-state index in [2.05, 4.69) is 0 Å². The van der Waals surface area contributed by atoms with Crippen LogP contribution in [0.25, 0.3) is 11.1 Å². The molecular weight excluding hydrogens is 206 g/mol. The summed E-state index contributed by atoms with van der Waals surface area (Å²) in [5.74, 6) is -0.149. The highest BCUT2D eigenvalue weighted by Gasteiger charge is 2.30. The first kappa shape index (κ1) is 9.39. The second-order valence-electron chi connectivity index (χ2n) is 4.16. The molecule has 0 saturated heterocycles. The lowest BCUT2D eigenvalue weighted by atomic mass is 10.2. The van der Waals surface area contributed by atoms with E-state index in [1.807, 2.05) is 6.07 Å². The van der Waals surface area contributed by atoms with E-state index < -0.39 is 5.76 Å². The first-order chi connectivity index (χ1) is 7.75. The summed E-state index contributed by atoms with van der Waals surface area (Å²) >= 11 is 0. The van der Waals surface area contributed by atoms with Crippen molar-refractivity contribution in [2.75, 3.05) is 0 Å². The Labute approximate surface area is 91.5 Å². The zero-order valence-electron chi connectivity index (χ0n) is 8.68. The number of ketones is 1. The van der Waals surface area contributed by atoms with Gasteiger partial charge < -0.3 is 4.42 Å². The number of para-hydroxylation sites is 2. The number of carbonyl (C=O) groups excluding carboxylic acids is 1. The zero-order valence-corrected chi connectivity index (χ0v) is 8.68. The molecule has 0 N–H and O–H groups in total. The smallest absolute Gasteiger partial charge is 0.408 e. The number of hydrogen-bond donors (Lipinski definition) is 0. The van der Waals surface area contributed by atoms with Crippen LogP contribution in [-0.4, -0.2) is 10.4 Å². The summed E-state index contributed by atoms with van der Waals surface area (Å²) < 4.78 is 6.47. The summed E-state index contributed by atoms with van der Waals surface area (Å²) in [4.78, 5) is 23.2. The molecule has 2 aromatic rings. The van der Waals surface area contributed by atoms with Gasteiger partial charge in [-0.1, -0.05) is 12.1 Å². The van der Waals surface area contributed by atoms with Gasteiger partial charge in [0.2, 0.25) is 0 Å². The normalized spacial score (nSPS) is 15.5. The predicted octanol–water partition coefficient (Wildman–Crippen LogP) is 1.57. The van der Waals surface area contributed by atoms with Gasteiger partial charge in [-0.15, -0.1) is 0 Å². The van der Waals surface area contributed by atoms with Gasteiger partial charge >= 0.3 is 5.76 Å². The quantitative estimate of drug-likeness (QED) is 0.784. The molecule has 16 heavy (non-hydrogen) atoms. The number of aromatic nitrogens is 1. The fourth-order valence-electron chi connectivity index (χ4n) is 1.85. The maximum Gasteiger partial charge on any atom is 0.420 e. The average Bonchev–Trinajstić information content (AvgIpc) is 3.06. The van der Waals surface area contributed by atoms with Gasteiger partial charge in [-0.3, -0.25) is 9.36 Å². The van der Waals surface area contributed by atoms with E-state index in [0.717, 1.165) is 12.8 Å². The minimum Gasteiger partial charge on any atom is -0.408 e. The van der Waals surface area contributed by atoms with Crippen LogP contribution < -0.4 is 5.76 Å². The van der Waals surface area contributed by atoms with Gasteiger partial charge in [-0.05, 0) is 25.0 Å². The van der Waals surface area contributed by atoms with Gasteiger partial charge in [-0.25, -0.2) is 4.79 Å². The number of benzene rings is 1. The molecule has 0 unspecified atom stereocenters. The van der Waals surface area contributed by atoms with Crippen molar-refractivity contribution >= 4 is 16.9 Å². The Hall–Kier alpha value is -1.84. The summed E-state index contributed by atoms with van der Waals surface area (Å²) in [5.41, 5.74) is 1.23. The summed E-state index contributed by atoms with van der Waals surface area (Å²) in [6.07, 6.45) is 1.92. The van der Waals surface area contributed by atoms with E-state index in [1.54, 1.807) is 18.2 Å². The minimum absolute atomic E-state index is 0.133. The Balaban J connectivity index is 2.04. The standard InChI is InChI=1S/C12H11NO3/c14-10(8-5-6-8)7-13-9-3-1-2-4-11(9)16-12(13)15/h1-4,8H,5-7H2. The lowest BCUT2D eigenvalue weighted by Crippen LogP contribution is -2.20. The molecule has 1 saturated carbocycles. The number of oxazole rings is 1. The number of nitrogens with zero attached hydrogens (tertiary/aromatic N) is 1. The third-order valence-corrected chi connectivity index (χ3v) is 2.92. The van der Waals surface area contributed by atoms with Crippen molar-refractivity contribution in [1.82, 2.24) is 4.57 Å². The van der Waals surface area contributed by atoms with Crippen molar-refractivity contribution in [2.24, 2.45) is 5.92 Å². The van der Waals surface area contributed by atoms with Gasteiger partial charge in [0.25, 0.3) is 0 Å². The lowest BCUT2D eigenvalue weighted by molar-refractivity contribution is -0.120. The highest BCUT2D eigenvalue weighted by molar-refractivity contribution is 5.84. The van der Waals surface area contributed by atoms with Crippen LogP contribution in [0.4, 0.5) is 0 Å². The first-order valence-electron chi connectivity index (χ1n) is 5.37. The van der Waals surface area contributed by atoms with Crippen molar-refractivity contribution in [3.05, 3.63) is 34.8 Å². The van der Waals surface area contributed by atoms with Crippen LogP contribution in [0, 0.1) is 5.92 Å². The highest BCUT2D eigenvalue weighted by atomic mass is 16.4. The topological polar surface area (TPSA) is 52.2 Å². The second-order valence-corrected chi connectivity index (χ2v) is 4.16. The molecule has 0 bridgehead atoms. The van der Waals surface area contributed by atoms with E-state index in [4.69, 9.17) is 4.42 Å². The summed E-state index contributed by atoms with van der Waals surface area (Å²) in [6.45, 7) is 0.139. The second kappa shape index (κ2) is 3.33. The Kier molecular flexibility index (Phi) is 1.96. The highest BCUT2D eigenvalue weighted by Crippen LogP contribution is 2.30. The first-order valence-corrected chi connectivity index (χ1v) is 5.37. The molecule has 1 aliphatic rings. The molecule has 1 aliphatic carbocycles. The van der Waals surface area contributed by atoms with E-state index in [-0.39, 0.29) is 18.2 Å². The minimum atomic E-state index is -0.449. The predicted molar refractivity (Wildman–Crippen MR) is 58.2 cm³/mol. The summed E-state index contributed by atoms with van der Waals surface area (Å²) in [7, 11) is 0. The molecule has 1 aromatic carbocycles. The van der Waals surface area contributed by atoms with Crippen molar-refractivity contribution in [3.8, 4) is 0 Å². The maximum absolute atomic E-state index is 11.7. The van der Waals surface area contributed by atoms with Crippen LogP contribution in [0.15, 0.2) is 33.5 Å². The fraction of sp³-hybridized carbons (Fsp3) is 0.333. The molecule has 3 rings (SSSR count). The van der Waals surface area contributed by atoms with E-state index >= 15 is 0 Å². The van der Waals surface area contributed by atoms with Crippen molar-refractivity contribution in [2.45, 2.75) is 19.4 Å². The number of hydrogen-bond acceptors (Lipinski definition) is 3. The molecule has 0 radical (unpaired) electrons. The molecule has 0 atom stereocenters. The van der Waals surface area contributed by atoms with Gasteiger partial charge in [0, 0.05) is 5.92 Å². The molecule has 0 spiro atoms. The molecule has 4 heteroatoms. The zero-order chi connectivity index (χ0) is 11.1. The fourth-order valence-corrected chi connectivity index (χ4v) is 1.85. The Bertz CT molecular complexity index is 604. The molecule has 82 valence electrons. The maximum atomic E-state index is 11.7. The molecule has 4 nitrogen and oxygen atoms in total. The van der Waals surface area contributed by atoms with Crippen LogP contribution in [0.5, 0.6) is 0 Å². The SMILES string of the molecule is O=C(Cn1c(=O)oc2ccccc21)C1CC1. The largest absolute Gasteiger partial charge is 0.420 e. The summed E-state index contributed by atoms with van der Waals surface area (Å²) in [5, 5.41) is 0. The van der Waals surface area contributed by atoms with Gasteiger partial charge in [0.15, 0.2) is 11.4 Å². The van der Waals surface area contributed by atoms with E-state index in [0.29, 0.717) is 11.1 Å². The van der Waals surface area contributed by atoms with Crippen molar-refractivity contribution < 1.29 is 9.21 Å². The number of rotatable bonds is 3. The van der Waals surface area contributed by atoms with Crippen molar-refractivity contribution in [3.63, 3.8) is 0 Å². The van der Waals surface area contributed by atoms with Gasteiger partial charge in [-0.2, -0.15) is 0 Å². The molecule has 1 heterocycles. The number of fused-ring (bicyclic) bond motifs is 1. The van der Waals surface area contributed by atoms with Crippen LogP contribution >= 0.6 is 0 Å². The van der Waals surface area contributed by atoms with Gasteiger partial charge in [0.1, 0.15) is 0 Å².